The lowest BCUT2D eigenvalue weighted by Gasteiger charge is -2.26. The lowest BCUT2D eigenvalue weighted by Crippen LogP contribution is -2.29. The second-order valence-corrected chi connectivity index (χ2v) is 6.33. The van der Waals surface area contributed by atoms with E-state index in [1.165, 1.54) is 5.56 Å². The molecule has 0 saturated carbocycles. The van der Waals surface area contributed by atoms with Crippen LogP contribution in [0.25, 0.3) is 0 Å². The van der Waals surface area contributed by atoms with Gasteiger partial charge < -0.3 is 9.64 Å². The van der Waals surface area contributed by atoms with Crippen LogP contribution >= 0.6 is 11.8 Å². The van der Waals surface area contributed by atoms with Gasteiger partial charge in [0.2, 0.25) is 0 Å². The van der Waals surface area contributed by atoms with Crippen LogP contribution in [0.1, 0.15) is 34.5 Å². The number of para-hydroxylation sites is 1. The molecule has 23 heavy (non-hydrogen) atoms. The first-order chi connectivity index (χ1) is 11.1. The Morgan fingerprint density at radius 2 is 1.83 bits per heavy atom. The molecular formula is C19H23NO2S. The molecule has 0 bridgehead atoms. The van der Waals surface area contributed by atoms with E-state index in [2.05, 4.69) is 6.26 Å². The maximum atomic E-state index is 12.7. The number of nitrogens with zero attached hydrogens (tertiary/aromatic N) is 1. The highest BCUT2D eigenvalue weighted by Crippen LogP contribution is 2.29. The van der Waals surface area contributed by atoms with Crippen LogP contribution in [0.3, 0.4) is 0 Å². The molecule has 2 aromatic rings. The maximum absolute atomic E-state index is 12.7. The van der Waals surface area contributed by atoms with E-state index in [-0.39, 0.29) is 11.9 Å². The van der Waals surface area contributed by atoms with Gasteiger partial charge in [0.05, 0.1) is 13.2 Å². The largest absolute Gasteiger partial charge is 0.496 e. The van der Waals surface area contributed by atoms with E-state index >= 15 is 0 Å². The summed E-state index contributed by atoms with van der Waals surface area (Å²) < 4.78 is 5.40. The van der Waals surface area contributed by atoms with Crippen molar-refractivity contribution >= 4 is 17.7 Å². The second-order valence-electron chi connectivity index (χ2n) is 5.46. The van der Waals surface area contributed by atoms with Gasteiger partial charge in [-0.15, -0.1) is 0 Å². The average Bonchev–Trinajstić information content (AvgIpc) is 2.60. The topological polar surface area (TPSA) is 29.5 Å². The summed E-state index contributed by atoms with van der Waals surface area (Å²) in [6.45, 7) is 2.01. The molecule has 0 fully saturated rings. The van der Waals surface area contributed by atoms with Crippen LogP contribution in [0, 0.1) is 0 Å². The van der Waals surface area contributed by atoms with Gasteiger partial charge in [-0.3, -0.25) is 4.79 Å². The minimum atomic E-state index is -0.0653. The Bertz CT molecular complexity index is 655. The molecule has 3 nitrogen and oxygen atoms in total. The lowest BCUT2D eigenvalue weighted by molar-refractivity contribution is 0.0741. The maximum Gasteiger partial charge on any atom is 0.254 e. The van der Waals surface area contributed by atoms with Crippen molar-refractivity contribution in [3.05, 3.63) is 65.2 Å². The minimum absolute atomic E-state index is 0.0131. The van der Waals surface area contributed by atoms with Crippen molar-refractivity contribution in [1.29, 1.82) is 0 Å². The first kappa shape index (κ1) is 17.4. The van der Waals surface area contributed by atoms with Gasteiger partial charge in [0.15, 0.2) is 0 Å². The van der Waals surface area contributed by atoms with Crippen LogP contribution in [-0.2, 0) is 5.75 Å². The molecule has 4 heteroatoms. The van der Waals surface area contributed by atoms with Gasteiger partial charge in [-0.25, -0.2) is 0 Å². The molecule has 0 heterocycles. The zero-order chi connectivity index (χ0) is 16.8. The summed E-state index contributed by atoms with van der Waals surface area (Å²) in [4.78, 5) is 14.5. The number of rotatable bonds is 6. The van der Waals surface area contributed by atoms with Crippen molar-refractivity contribution < 1.29 is 9.53 Å². The van der Waals surface area contributed by atoms with Gasteiger partial charge in [0.25, 0.3) is 5.91 Å². The predicted octanol–water partition coefficient (Wildman–Crippen LogP) is 4.39. The van der Waals surface area contributed by atoms with Crippen LogP contribution < -0.4 is 4.74 Å². The average molecular weight is 329 g/mol. The zero-order valence-corrected chi connectivity index (χ0v) is 14.9. The first-order valence-electron chi connectivity index (χ1n) is 7.56. The van der Waals surface area contributed by atoms with E-state index in [1.54, 1.807) is 23.8 Å². The summed E-state index contributed by atoms with van der Waals surface area (Å²) in [7, 11) is 3.48. The summed E-state index contributed by atoms with van der Waals surface area (Å²) in [5.74, 6) is 1.77. The van der Waals surface area contributed by atoms with Crippen LogP contribution in [0.2, 0.25) is 0 Å². The Balaban J connectivity index is 2.18. The number of hydrogen-bond donors (Lipinski definition) is 0. The SMILES string of the molecule is COc1ccccc1C(C)N(C)C(=O)c1ccc(CSC)cc1. The van der Waals surface area contributed by atoms with Crippen LogP contribution in [0.4, 0.5) is 0 Å². The molecule has 0 aliphatic carbocycles. The Morgan fingerprint density at radius 3 is 2.43 bits per heavy atom. The predicted molar refractivity (Wildman–Crippen MR) is 97.2 cm³/mol. The molecule has 0 N–H and O–H groups in total. The van der Waals surface area contributed by atoms with Gasteiger partial charge >= 0.3 is 0 Å². The van der Waals surface area contributed by atoms with Gasteiger partial charge in [-0.2, -0.15) is 11.8 Å². The molecule has 0 saturated heterocycles. The van der Waals surface area contributed by atoms with Crippen molar-refractivity contribution in [2.45, 2.75) is 18.7 Å². The third kappa shape index (κ3) is 4.08. The van der Waals surface area contributed by atoms with E-state index in [0.717, 1.165) is 17.1 Å². The van der Waals surface area contributed by atoms with E-state index in [1.807, 2.05) is 62.5 Å². The van der Waals surface area contributed by atoms with Crippen LogP contribution in [-0.4, -0.2) is 31.2 Å². The quantitative estimate of drug-likeness (QED) is 0.787. The number of methoxy groups -OCH3 is 1. The molecule has 0 aliphatic heterocycles. The minimum Gasteiger partial charge on any atom is -0.496 e. The monoisotopic (exact) mass is 329 g/mol. The fourth-order valence-electron chi connectivity index (χ4n) is 2.51. The lowest BCUT2D eigenvalue weighted by atomic mass is 10.0. The highest BCUT2D eigenvalue weighted by atomic mass is 32.2. The molecule has 0 aliphatic rings. The Labute approximate surface area is 142 Å². The number of amides is 1. The van der Waals surface area contributed by atoms with Crippen molar-refractivity contribution in [2.24, 2.45) is 0 Å². The summed E-state index contributed by atoms with van der Waals surface area (Å²) in [5.41, 5.74) is 2.94. The normalized spacial score (nSPS) is 11.8. The third-order valence-electron chi connectivity index (χ3n) is 4.00. The number of carbonyl (C=O) groups excluding carboxylic acids is 1. The third-order valence-corrected chi connectivity index (χ3v) is 4.62. The molecule has 1 unspecified atom stereocenters. The zero-order valence-electron chi connectivity index (χ0n) is 14.1. The van der Waals surface area contributed by atoms with Crippen LogP contribution in [0.5, 0.6) is 5.75 Å². The Kier molecular flexibility index (Phi) is 6.11. The van der Waals surface area contributed by atoms with E-state index in [4.69, 9.17) is 4.74 Å². The smallest absolute Gasteiger partial charge is 0.254 e. The Morgan fingerprint density at radius 1 is 1.17 bits per heavy atom. The second kappa shape index (κ2) is 8.06. The van der Waals surface area contributed by atoms with Gasteiger partial charge in [0.1, 0.15) is 5.75 Å². The molecule has 2 aromatic carbocycles. The molecule has 2 rings (SSSR count). The van der Waals surface area contributed by atoms with Gasteiger partial charge in [-0.1, -0.05) is 30.3 Å². The summed E-state index contributed by atoms with van der Waals surface area (Å²) >= 11 is 1.77. The van der Waals surface area contributed by atoms with Crippen molar-refractivity contribution in [3.8, 4) is 5.75 Å². The molecule has 0 spiro atoms. The van der Waals surface area contributed by atoms with E-state index < -0.39 is 0 Å². The molecule has 1 amide bonds. The summed E-state index contributed by atoms with van der Waals surface area (Å²) in [6, 6.07) is 15.6. The van der Waals surface area contributed by atoms with Gasteiger partial charge in [-0.05, 0) is 36.9 Å². The highest BCUT2D eigenvalue weighted by Gasteiger charge is 2.21. The molecule has 1 atom stereocenters. The molecule has 0 radical (unpaired) electrons. The molecule has 0 aromatic heterocycles. The first-order valence-corrected chi connectivity index (χ1v) is 8.95. The molecule has 122 valence electrons. The Hall–Kier alpha value is -1.94. The number of hydrogen-bond acceptors (Lipinski definition) is 3. The van der Waals surface area contributed by atoms with Crippen molar-refractivity contribution in [3.63, 3.8) is 0 Å². The standard InChI is InChI=1S/C19H23NO2S/c1-14(17-7-5-6-8-18(17)22-3)20(2)19(21)16-11-9-15(10-12-16)13-23-4/h5-12,14H,13H2,1-4H3. The summed E-state index contributed by atoms with van der Waals surface area (Å²) in [6.07, 6.45) is 2.07. The fraction of sp³-hybridized carbons (Fsp3) is 0.316. The number of benzene rings is 2. The van der Waals surface area contributed by atoms with Crippen molar-refractivity contribution in [1.82, 2.24) is 4.90 Å². The molecular weight excluding hydrogens is 306 g/mol. The number of thioether (sulfide) groups is 1. The van der Waals surface area contributed by atoms with E-state index in [0.29, 0.717) is 5.56 Å². The van der Waals surface area contributed by atoms with Crippen molar-refractivity contribution in [2.75, 3.05) is 20.4 Å². The fourth-order valence-corrected chi connectivity index (χ4v) is 3.04. The summed E-state index contributed by atoms with van der Waals surface area (Å²) in [5, 5.41) is 0. The number of ether oxygens (including phenoxy) is 1. The number of carbonyl (C=O) groups is 1. The van der Waals surface area contributed by atoms with Crippen LogP contribution in [0.15, 0.2) is 48.5 Å². The highest BCUT2D eigenvalue weighted by molar-refractivity contribution is 7.97. The van der Waals surface area contributed by atoms with E-state index in [9.17, 15) is 4.79 Å². The van der Waals surface area contributed by atoms with Gasteiger partial charge in [0, 0.05) is 23.9 Å².